The average molecular weight is 546 g/mol. The van der Waals surface area contributed by atoms with Crippen LogP contribution in [0.4, 0.5) is 0 Å². The Kier molecular flexibility index (Phi) is 21.1. The molecule has 0 N–H and O–H groups in total. The highest BCUT2D eigenvalue weighted by atomic mass is 35.6. The molecular weight excluding hydrogens is 503 g/mol. The van der Waals surface area contributed by atoms with Crippen LogP contribution < -0.4 is 0 Å². The van der Waals surface area contributed by atoms with Crippen LogP contribution in [0.15, 0.2) is 0 Å². The molecule has 0 rings (SSSR count). The number of alkyl halides is 3. The Morgan fingerprint density at radius 2 is 1.09 bits per heavy atom. The summed E-state index contributed by atoms with van der Waals surface area (Å²) >= 11 is 16.3. The number of esters is 3. The normalized spacial score (nSPS) is 12.3. The number of hydrogen-bond acceptors (Lipinski definition) is 6. The first kappa shape index (κ1) is 33.3. The van der Waals surface area contributed by atoms with Gasteiger partial charge in [0.05, 0.1) is 0 Å². The summed E-state index contributed by atoms with van der Waals surface area (Å²) in [6.07, 6.45) is 18.1. The van der Waals surface area contributed by atoms with Crippen LogP contribution in [0, 0.1) is 0 Å². The second-order valence-electron chi connectivity index (χ2n) is 8.71. The first-order valence-corrected chi connectivity index (χ1v) is 13.9. The third kappa shape index (κ3) is 21.8. The molecule has 34 heavy (non-hydrogen) atoms. The Labute approximate surface area is 220 Å². The molecule has 6 nitrogen and oxygen atoms in total. The molecule has 200 valence electrons. The van der Waals surface area contributed by atoms with Crippen LogP contribution in [0.25, 0.3) is 0 Å². The monoisotopic (exact) mass is 544 g/mol. The van der Waals surface area contributed by atoms with Crippen LogP contribution in [0.3, 0.4) is 0 Å². The first-order chi connectivity index (χ1) is 16.2. The minimum atomic E-state index is -2.23. The van der Waals surface area contributed by atoms with Crippen molar-refractivity contribution in [1.29, 1.82) is 0 Å². The van der Waals surface area contributed by atoms with E-state index in [1.54, 1.807) is 0 Å². The summed E-state index contributed by atoms with van der Waals surface area (Å²) in [4.78, 5) is 34.6. The number of ether oxygens (including phenoxy) is 3. The van der Waals surface area contributed by atoms with E-state index < -0.39 is 21.8 Å². The SMILES string of the molecule is CCCCCCCCCCCCCCCCCC(=O)OC[C@H](COC(=O)C(Cl)(Cl)Cl)OC(C)=O. The van der Waals surface area contributed by atoms with Gasteiger partial charge in [-0.15, -0.1) is 0 Å². The fourth-order valence-electron chi connectivity index (χ4n) is 3.50. The van der Waals surface area contributed by atoms with Crippen LogP contribution in [0.5, 0.6) is 0 Å². The van der Waals surface area contributed by atoms with E-state index in [0.717, 1.165) is 19.3 Å². The van der Waals surface area contributed by atoms with Gasteiger partial charge < -0.3 is 14.2 Å². The maximum Gasteiger partial charge on any atom is 0.358 e. The second kappa shape index (κ2) is 21.6. The molecule has 0 heterocycles. The number of carbonyl (C=O) groups excluding carboxylic acids is 3. The molecule has 0 bridgehead atoms. The van der Waals surface area contributed by atoms with Crippen molar-refractivity contribution in [1.82, 2.24) is 0 Å². The van der Waals surface area contributed by atoms with Crippen molar-refractivity contribution < 1.29 is 28.6 Å². The zero-order valence-corrected chi connectivity index (χ0v) is 23.2. The van der Waals surface area contributed by atoms with Gasteiger partial charge in [0.25, 0.3) is 3.79 Å². The number of halogens is 3. The number of rotatable bonds is 21. The molecule has 0 aromatic rings. The van der Waals surface area contributed by atoms with Gasteiger partial charge in [-0.25, -0.2) is 4.79 Å². The van der Waals surface area contributed by atoms with Gasteiger partial charge in [0.1, 0.15) is 13.2 Å². The summed E-state index contributed by atoms with van der Waals surface area (Å²) in [5.41, 5.74) is 0. The predicted octanol–water partition coefficient (Wildman–Crippen LogP) is 7.64. The van der Waals surface area contributed by atoms with E-state index in [4.69, 9.17) is 49.0 Å². The van der Waals surface area contributed by atoms with Crippen molar-refractivity contribution in [3.63, 3.8) is 0 Å². The van der Waals surface area contributed by atoms with E-state index in [0.29, 0.717) is 6.42 Å². The predicted molar refractivity (Wildman–Crippen MR) is 137 cm³/mol. The van der Waals surface area contributed by atoms with Crippen LogP contribution in [0.2, 0.25) is 0 Å². The molecule has 9 heteroatoms. The molecule has 0 fully saturated rings. The van der Waals surface area contributed by atoms with Crippen molar-refractivity contribution in [2.75, 3.05) is 13.2 Å². The molecular formula is C25H43Cl3O6. The lowest BCUT2D eigenvalue weighted by molar-refractivity contribution is -0.165. The third-order valence-electron chi connectivity index (χ3n) is 5.38. The van der Waals surface area contributed by atoms with E-state index in [-0.39, 0.29) is 19.2 Å². The molecule has 0 saturated heterocycles. The highest BCUT2D eigenvalue weighted by molar-refractivity contribution is 6.75. The molecule has 0 aliphatic rings. The zero-order chi connectivity index (χ0) is 25.7. The Morgan fingerprint density at radius 1 is 0.676 bits per heavy atom. The summed E-state index contributed by atoms with van der Waals surface area (Å²) in [6.45, 7) is 2.84. The van der Waals surface area contributed by atoms with Crippen molar-refractivity contribution in [2.24, 2.45) is 0 Å². The smallest absolute Gasteiger partial charge is 0.358 e. The summed E-state index contributed by atoms with van der Waals surface area (Å²) in [5, 5.41) is 0. The topological polar surface area (TPSA) is 78.9 Å². The van der Waals surface area contributed by atoms with Crippen molar-refractivity contribution in [3.8, 4) is 0 Å². The molecule has 0 unspecified atom stereocenters. The molecule has 0 aromatic heterocycles. The van der Waals surface area contributed by atoms with E-state index in [1.807, 2.05) is 0 Å². The standard InChI is InChI=1S/C25H43Cl3O6/c1-3-4-5-6-7-8-9-10-11-12-13-14-15-16-17-18-23(30)32-19-22(34-21(2)29)20-33-24(31)25(26,27)28/h22H,3-20H2,1-2H3/t22-/m1/s1. The molecule has 0 aromatic carbocycles. The van der Waals surface area contributed by atoms with E-state index in [1.165, 1.54) is 84.0 Å². The van der Waals surface area contributed by atoms with Crippen LogP contribution >= 0.6 is 34.8 Å². The molecule has 1 atom stereocenters. The maximum atomic E-state index is 11.9. The fourth-order valence-corrected chi connectivity index (χ4v) is 3.66. The van der Waals surface area contributed by atoms with Gasteiger partial charge in [-0.05, 0) is 6.42 Å². The first-order valence-electron chi connectivity index (χ1n) is 12.7. The van der Waals surface area contributed by atoms with Crippen LogP contribution in [-0.2, 0) is 28.6 Å². The van der Waals surface area contributed by atoms with Gasteiger partial charge in [0.2, 0.25) is 0 Å². The Morgan fingerprint density at radius 3 is 1.50 bits per heavy atom. The molecule has 0 spiro atoms. The minimum absolute atomic E-state index is 0.232. The largest absolute Gasteiger partial charge is 0.462 e. The second-order valence-corrected chi connectivity index (χ2v) is 11.0. The fraction of sp³-hybridized carbons (Fsp3) is 0.880. The van der Waals surface area contributed by atoms with Gasteiger partial charge in [0, 0.05) is 13.3 Å². The lowest BCUT2D eigenvalue weighted by Gasteiger charge is -2.18. The number of unbranched alkanes of at least 4 members (excludes halogenated alkanes) is 14. The number of hydrogen-bond donors (Lipinski definition) is 0. The van der Waals surface area contributed by atoms with Crippen LogP contribution in [-0.4, -0.2) is 41.0 Å². The quantitative estimate of drug-likeness (QED) is 0.0638. The van der Waals surface area contributed by atoms with Gasteiger partial charge in [-0.3, -0.25) is 9.59 Å². The maximum absolute atomic E-state index is 11.9. The highest BCUT2D eigenvalue weighted by Gasteiger charge is 2.33. The number of carbonyl (C=O) groups is 3. The zero-order valence-electron chi connectivity index (χ0n) is 20.9. The van der Waals surface area contributed by atoms with Crippen molar-refractivity contribution in [3.05, 3.63) is 0 Å². The van der Waals surface area contributed by atoms with E-state index in [9.17, 15) is 14.4 Å². The summed E-state index contributed by atoms with van der Waals surface area (Å²) in [6, 6.07) is 0. The van der Waals surface area contributed by atoms with Crippen molar-refractivity contribution in [2.45, 2.75) is 126 Å². The summed E-state index contributed by atoms with van der Waals surface area (Å²) in [7, 11) is 0. The molecule has 0 saturated carbocycles. The lowest BCUT2D eigenvalue weighted by atomic mass is 10.0. The molecule has 0 radical (unpaired) electrons. The molecule has 0 aliphatic heterocycles. The van der Waals surface area contributed by atoms with Gasteiger partial charge >= 0.3 is 17.9 Å². The average Bonchev–Trinajstić information content (AvgIpc) is 2.77. The van der Waals surface area contributed by atoms with E-state index >= 15 is 0 Å². The van der Waals surface area contributed by atoms with Crippen molar-refractivity contribution >= 4 is 52.7 Å². The Hall–Kier alpha value is -0.720. The Balaban J connectivity index is 3.70. The van der Waals surface area contributed by atoms with Gasteiger partial charge in [-0.2, -0.15) is 0 Å². The lowest BCUT2D eigenvalue weighted by Crippen LogP contribution is -2.32. The van der Waals surface area contributed by atoms with Gasteiger partial charge in [-0.1, -0.05) is 132 Å². The molecule has 0 aliphatic carbocycles. The van der Waals surface area contributed by atoms with E-state index in [2.05, 4.69) is 6.92 Å². The minimum Gasteiger partial charge on any atom is -0.462 e. The third-order valence-corrected chi connectivity index (χ3v) is 5.84. The summed E-state index contributed by atoms with van der Waals surface area (Å²) in [5.74, 6) is -2.09. The highest BCUT2D eigenvalue weighted by Crippen LogP contribution is 2.27. The van der Waals surface area contributed by atoms with Gasteiger partial charge in [0.15, 0.2) is 6.10 Å². The Bertz CT molecular complexity index is 551. The van der Waals surface area contributed by atoms with Crippen LogP contribution in [0.1, 0.15) is 117 Å². The summed E-state index contributed by atoms with van der Waals surface area (Å²) < 4.78 is 12.7. The molecule has 0 amide bonds.